The van der Waals surface area contributed by atoms with Crippen LogP contribution in [0.3, 0.4) is 0 Å². The third kappa shape index (κ3) is 5.03. The number of nitrogens with zero attached hydrogens (tertiary/aromatic N) is 1. The van der Waals surface area contributed by atoms with Crippen molar-refractivity contribution in [1.29, 1.82) is 0 Å². The van der Waals surface area contributed by atoms with Crippen molar-refractivity contribution in [3.63, 3.8) is 0 Å². The van der Waals surface area contributed by atoms with E-state index in [0.29, 0.717) is 17.7 Å². The molecule has 0 aliphatic rings. The largest absolute Gasteiger partial charge is 0.455 e. The normalized spacial score (nSPS) is 11.8. The molecule has 1 atom stereocenters. The molecule has 0 saturated heterocycles. The number of Topliss-reactive ketones (excluding diaryl/α,β-unsaturated/α-hetero) is 1. The highest BCUT2D eigenvalue weighted by molar-refractivity contribution is 5.89. The molecule has 144 valence electrons. The molecule has 2 aromatic carbocycles. The molecule has 0 aliphatic heterocycles. The van der Waals surface area contributed by atoms with E-state index in [0.717, 1.165) is 10.9 Å². The summed E-state index contributed by atoms with van der Waals surface area (Å²) in [5.74, 6) is -1.30. The number of hydrogen-bond acceptors (Lipinski definition) is 6. The van der Waals surface area contributed by atoms with Crippen LogP contribution in [0.25, 0.3) is 11.0 Å². The molecular formula is C21H20N2O5. The molecule has 7 nitrogen and oxygen atoms in total. The summed E-state index contributed by atoms with van der Waals surface area (Å²) in [7, 11) is 0. The molecule has 28 heavy (non-hydrogen) atoms. The predicted octanol–water partition coefficient (Wildman–Crippen LogP) is 2.23. The van der Waals surface area contributed by atoms with Gasteiger partial charge < -0.3 is 14.6 Å². The van der Waals surface area contributed by atoms with Gasteiger partial charge in [-0.1, -0.05) is 47.6 Å². The van der Waals surface area contributed by atoms with Crippen LogP contribution in [-0.2, 0) is 32.0 Å². The van der Waals surface area contributed by atoms with Gasteiger partial charge in [0, 0.05) is 5.39 Å². The molecule has 0 saturated carbocycles. The van der Waals surface area contributed by atoms with Gasteiger partial charge in [0.2, 0.25) is 0 Å². The number of rotatable bonds is 8. The maximum atomic E-state index is 12.1. The fourth-order valence-electron chi connectivity index (χ4n) is 2.78. The van der Waals surface area contributed by atoms with Crippen LogP contribution in [0.2, 0.25) is 0 Å². The number of ketones is 1. The minimum atomic E-state index is -0.673. The molecule has 1 N–H and O–H groups in total. The van der Waals surface area contributed by atoms with Gasteiger partial charge >= 0.3 is 5.97 Å². The van der Waals surface area contributed by atoms with Crippen molar-refractivity contribution in [3.05, 3.63) is 65.9 Å². The average Bonchev–Trinajstić information content (AvgIpc) is 3.09. The van der Waals surface area contributed by atoms with E-state index in [1.165, 1.54) is 6.92 Å². The number of aromatic nitrogens is 1. The number of benzene rings is 2. The second-order valence-electron chi connectivity index (χ2n) is 6.38. The van der Waals surface area contributed by atoms with Gasteiger partial charge in [-0.2, -0.15) is 0 Å². The van der Waals surface area contributed by atoms with Crippen LogP contribution < -0.4 is 5.32 Å². The van der Waals surface area contributed by atoms with Gasteiger partial charge in [0.05, 0.1) is 12.5 Å². The third-order valence-corrected chi connectivity index (χ3v) is 4.24. The van der Waals surface area contributed by atoms with Gasteiger partial charge in [0.15, 0.2) is 18.0 Å². The second-order valence-corrected chi connectivity index (χ2v) is 6.38. The first kappa shape index (κ1) is 19.3. The minimum absolute atomic E-state index is 0.107. The number of fused-ring (bicyclic) bond motifs is 1. The standard InChI is InChI=1S/C21H20N2O5/c1-14(24)17(11-15-7-3-2-4-8-15)22-20(25)13-27-21(26)12-18-16-9-5-6-10-19(16)28-23-18/h2-10,17H,11-13H2,1H3,(H,22,25)/t17-/m1/s1. The fourth-order valence-corrected chi connectivity index (χ4v) is 2.78. The Hall–Kier alpha value is -3.48. The van der Waals surface area contributed by atoms with Crippen molar-refractivity contribution in [1.82, 2.24) is 10.5 Å². The number of para-hydroxylation sites is 1. The van der Waals surface area contributed by atoms with Crippen molar-refractivity contribution < 1.29 is 23.6 Å². The SMILES string of the molecule is CC(=O)[C@@H](Cc1ccccc1)NC(=O)COC(=O)Cc1noc2ccccc12. The van der Waals surface area contributed by atoms with Crippen molar-refractivity contribution in [3.8, 4) is 0 Å². The van der Waals surface area contributed by atoms with Crippen LogP contribution in [0.5, 0.6) is 0 Å². The number of nitrogens with one attached hydrogen (secondary N) is 1. The van der Waals surface area contributed by atoms with E-state index in [9.17, 15) is 14.4 Å². The topological polar surface area (TPSA) is 98.5 Å². The van der Waals surface area contributed by atoms with E-state index in [2.05, 4.69) is 10.5 Å². The van der Waals surface area contributed by atoms with Crippen LogP contribution in [0.1, 0.15) is 18.2 Å². The Morgan fingerprint density at radius 1 is 1.07 bits per heavy atom. The molecule has 3 aromatic rings. The second kappa shape index (κ2) is 8.94. The molecule has 1 aromatic heterocycles. The summed E-state index contributed by atoms with van der Waals surface area (Å²) in [4.78, 5) is 35.9. The fraction of sp³-hybridized carbons (Fsp3) is 0.238. The number of esters is 1. The first-order chi connectivity index (χ1) is 13.5. The molecule has 7 heteroatoms. The molecule has 3 rings (SSSR count). The van der Waals surface area contributed by atoms with Gasteiger partial charge in [-0.15, -0.1) is 0 Å². The molecule has 0 fully saturated rings. The van der Waals surface area contributed by atoms with Gasteiger partial charge in [-0.25, -0.2) is 0 Å². The quantitative estimate of drug-likeness (QED) is 0.602. The first-order valence-electron chi connectivity index (χ1n) is 8.85. The number of hydrogen-bond donors (Lipinski definition) is 1. The highest BCUT2D eigenvalue weighted by atomic mass is 16.5. The Balaban J connectivity index is 1.51. The van der Waals surface area contributed by atoms with E-state index in [4.69, 9.17) is 9.26 Å². The van der Waals surface area contributed by atoms with Crippen LogP contribution in [0.4, 0.5) is 0 Å². The van der Waals surface area contributed by atoms with Gasteiger partial charge in [-0.3, -0.25) is 14.4 Å². The lowest BCUT2D eigenvalue weighted by Crippen LogP contribution is -2.43. The number of carbonyl (C=O) groups excluding carboxylic acids is 3. The Labute approximate surface area is 161 Å². The molecular weight excluding hydrogens is 360 g/mol. The lowest BCUT2D eigenvalue weighted by Gasteiger charge is -2.16. The lowest BCUT2D eigenvalue weighted by atomic mass is 10.0. The Bertz CT molecular complexity index is 981. The van der Waals surface area contributed by atoms with E-state index in [1.807, 2.05) is 36.4 Å². The smallest absolute Gasteiger partial charge is 0.312 e. The third-order valence-electron chi connectivity index (χ3n) is 4.24. The van der Waals surface area contributed by atoms with E-state index in [1.54, 1.807) is 18.2 Å². The summed E-state index contributed by atoms with van der Waals surface area (Å²) >= 11 is 0. The lowest BCUT2D eigenvalue weighted by molar-refractivity contribution is -0.148. The van der Waals surface area contributed by atoms with Crippen molar-refractivity contribution >= 4 is 28.6 Å². The molecule has 0 radical (unpaired) electrons. The zero-order chi connectivity index (χ0) is 19.9. The van der Waals surface area contributed by atoms with E-state index < -0.39 is 24.5 Å². The van der Waals surface area contributed by atoms with Crippen LogP contribution in [0.15, 0.2) is 59.1 Å². The van der Waals surface area contributed by atoms with Crippen LogP contribution in [0, 0.1) is 0 Å². The monoisotopic (exact) mass is 380 g/mol. The molecule has 0 unspecified atom stereocenters. The van der Waals surface area contributed by atoms with E-state index >= 15 is 0 Å². The van der Waals surface area contributed by atoms with Crippen LogP contribution >= 0.6 is 0 Å². The summed E-state index contributed by atoms with van der Waals surface area (Å²) in [5, 5.41) is 7.19. The van der Waals surface area contributed by atoms with Gasteiger partial charge in [-0.05, 0) is 31.0 Å². The Kier molecular flexibility index (Phi) is 6.16. The van der Waals surface area contributed by atoms with E-state index in [-0.39, 0.29) is 12.2 Å². The summed E-state index contributed by atoms with van der Waals surface area (Å²) in [6.07, 6.45) is 0.269. The van der Waals surface area contributed by atoms with Crippen molar-refractivity contribution in [2.45, 2.75) is 25.8 Å². The van der Waals surface area contributed by atoms with Crippen LogP contribution in [-0.4, -0.2) is 35.5 Å². The molecule has 0 spiro atoms. The maximum Gasteiger partial charge on any atom is 0.312 e. The summed E-state index contributed by atoms with van der Waals surface area (Å²) in [6.45, 7) is 0.947. The average molecular weight is 380 g/mol. The maximum absolute atomic E-state index is 12.1. The van der Waals surface area contributed by atoms with Gasteiger partial charge in [0.25, 0.3) is 5.91 Å². The van der Waals surface area contributed by atoms with Crippen molar-refractivity contribution in [2.24, 2.45) is 0 Å². The first-order valence-corrected chi connectivity index (χ1v) is 8.85. The predicted molar refractivity (Wildman–Crippen MR) is 101 cm³/mol. The van der Waals surface area contributed by atoms with Gasteiger partial charge in [0.1, 0.15) is 5.69 Å². The summed E-state index contributed by atoms with van der Waals surface area (Å²) < 4.78 is 10.1. The highest BCUT2D eigenvalue weighted by Crippen LogP contribution is 2.18. The minimum Gasteiger partial charge on any atom is -0.455 e. The molecule has 0 bridgehead atoms. The number of ether oxygens (including phenoxy) is 1. The number of carbonyl (C=O) groups is 3. The number of amides is 1. The highest BCUT2D eigenvalue weighted by Gasteiger charge is 2.19. The Morgan fingerprint density at radius 3 is 2.54 bits per heavy atom. The van der Waals surface area contributed by atoms with Crippen molar-refractivity contribution in [2.75, 3.05) is 6.61 Å². The Morgan fingerprint density at radius 2 is 1.79 bits per heavy atom. The molecule has 1 heterocycles. The zero-order valence-corrected chi connectivity index (χ0v) is 15.4. The molecule has 0 aliphatic carbocycles. The molecule has 1 amide bonds. The summed E-state index contributed by atoms with van der Waals surface area (Å²) in [5.41, 5.74) is 1.96. The summed E-state index contributed by atoms with van der Waals surface area (Å²) in [6, 6.07) is 15.9. The zero-order valence-electron chi connectivity index (χ0n) is 15.4.